The molecule has 0 spiro atoms. The highest BCUT2D eigenvalue weighted by Crippen LogP contribution is 2.35. The van der Waals surface area contributed by atoms with Gasteiger partial charge in [0.15, 0.2) is 0 Å². The molecule has 0 heterocycles. The van der Waals surface area contributed by atoms with Crippen LogP contribution in [-0.4, -0.2) is 24.8 Å². The maximum Gasteiger partial charge on any atom is 0.265 e. The lowest BCUT2D eigenvalue weighted by molar-refractivity contribution is -0.129. The minimum atomic E-state index is -0.741. The molecule has 1 rings (SSSR count). The van der Waals surface area contributed by atoms with E-state index < -0.39 is 17.7 Å². The summed E-state index contributed by atoms with van der Waals surface area (Å²) in [5.74, 6) is -0.217. The predicted molar refractivity (Wildman–Crippen MR) is 126 cm³/mol. The fourth-order valence-electron chi connectivity index (χ4n) is 2.50. The van der Waals surface area contributed by atoms with E-state index in [0.717, 1.165) is 0 Å². The molecule has 0 bridgehead atoms. The molecule has 1 aromatic carbocycles. The molecule has 0 aromatic heterocycles. The summed E-state index contributed by atoms with van der Waals surface area (Å²) in [6, 6.07) is 3.11. The van der Waals surface area contributed by atoms with Gasteiger partial charge in [-0.3, -0.25) is 19.7 Å². The summed E-state index contributed by atoms with van der Waals surface area (Å²) >= 11 is 12.7. The number of hydrogen-bond donors (Lipinski definition) is 3. The largest absolute Gasteiger partial charge is 0.355 e. The quantitative estimate of drug-likeness (QED) is 0.307. The molecular weight excluding hydrogens is 437 g/mol. The molecule has 0 aliphatic carbocycles. The number of benzene rings is 1. The normalized spacial score (nSPS) is 11.9. The third-order valence-electron chi connectivity index (χ3n) is 4.37. The minimum absolute atomic E-state index is 0.0283. The van der Waals surface area contributed by atoms with Gasteiger partial charge in [-0.1, -0.05) is 56.1 Å². The van der Waals surface area contributed by atoms with Crippen LogP contribution in [0.5, 0.6) is 0 Å². The van der Waals surface area contributed by atoms with Crippen LogP contribution in [0.4, 0.5) is 5.69 Å². The summed E-state index contributed by atoms with van der Waals surface area (Å²) in [5.41, 5.74) is 1.66. The average molecular weight is 462 g/mol. The SMILES string of the molecule is C#CC(=C)C(=O)NC(=O)C(C)c1cc(Cl)c(NC(=C)/C=C(\C(=O)NC)C(C)C)c(Cl)c1. The van der Waals surface area contributed by atoms with Crippen molar-refractivity contribution in [3.05, 3.63) is 63.8 Å². The number of terminal acetylenes is 1. The number of halogens is 2. The number of carbonyl (C=O) groups is 3. The zero-order valence-corrected chi connectivity index (χ0v) is 19.4. The van der Waals surface area contributed by atoms with Gasteiger partial charge in [0.05, 0.1) is 27.2 Å². The summed E-state index contributed by atoms with van der Waals surface area (Å²) in [6.07, 6.45) is 6.72. The molecule has 3 amide bonds. The van der Waals surface area contributed by atoms with Crippen molar-refractivity contribution < 1.29 is 14.4 Å². The second-order valence-electron chi connectivity index (χ2n) is 7.01. The number of carbonyl (C=O) groups excluding carboxylic acids is 3. The van der Waals surface area contributed by atoms with Gasteiger partial charge in [0.1, 0.15) is 0 Å². The first-order chi connectivity index (χ1) is 14.4. The summed E-state index contributed by atoms with van der Waals surface area (Å²) in [5, 5.41) is 8.23. The molecule has 31 heavy (non-hydrogen) atoms. The van der Waals surface area contributed by atoms with Gasteiger partial charge in [0, 0.05) is 18.3 Å². The Labute approximate surface area is 192 Å². The molecule has 3 N–H and O–H groups in total. The summed E-state index contributed by atoms with van der Waals surface area (Å²) in [4.78, 5) is 36.1. The fourth-order valence-corrected chi connectivity index (χ4v) is 3.10. The topological polar surface area (TPSA) is 87.3 Å². The molecule has 6 nitrogen and oxygen atoms in total. The molecule has 0 radical (unpaired) electrons. The zero-order valence-electron chi connectivity index (χ0n) is 17.9. The highest BCUT2D eigenvalue weighted by atomic mass is 35.5. The van der Waals surface area contributed by atoms with Gasteiger partial charge in [-0.15, -0.1) is 6.42 Å². The van der Waals surface area contributed by atoms with E-state index in [2.05, 4.69) is 35.0 Å². The molecule has 1 atom stereocenters. The van der Waals surface area contributed by atoms with Crippen molar-refractivity contribution in [3.63, 3.8) is 0 Å². The van der Waals surface area contributed by atoms with Crippen molar-refractivity contribution in [2.45, 2.75) is 26.7 Å². The van der Waals surface area contributed by atoms with E-state index in [1.807, 2.05) is 13.8 Å². The first-order valence-electron chi connectivity index (χ1n) is 9.32. The van der Waals surface area contributed by atoms with Crippen LogP contribution in [0.15, 0.2) is 48.2 Å². The highest BCUT2D eigenvalue weighted by Gasteiger charge is 2.21. The third-order valence-corrected chi connectivity index (χ3v) is 4.97. The molecule has 1 unspecified atom stereocenters. The van der Waals surface area contributed by atoms with Crippen LogP contribution < -0.4 is 16.0 Å². The minimum Gasteiger partial charge on any atom is -0.355 e. The van der Waals surface area contributed by atoms with Crippen molar-refractivity contribution in [2.75, 3.05) is 12.4 Å². The number of likely N-dealkylation sites (N-methyl/N-ethyl adjacent to an activating group) is 1. The lowest BCUT2D eigenvalue weighted by Gasteiger charge is -2.17. The van der Waals surface area contributed by atoms with E-state index in [9.17, 15) is 14.4 Å². The van der Waals surface area contributed by atoms with Crippen LogP contribution in [0.2, 0.25) is 10.0 Å². The van der Waals surface area contributed by atoms with Crippen molar-refractivity contribution in [3.8, 4) is 12.3 Å². The Morgan fingerprint density at radius 3 is 2.10 bits per heavy atom. The monoisotopic (exact) mass is 461 g/mol. The average Bonchev–Trinajstić information content (AvgIpc) is 2.72. The Balaban J connectivity index is 3.09. The van der Waals surface area contributed by atoms with Crippen molar-refractivity contribution in [2.24, 2.45) is 5.92 Å². The number of amides is 3. The third kappa shape index (κ3) is 7.02. The Bertz CT molecular complexity index is 981. The van der Waals surface area contributed by atoms with Crippen LogP contribution >= 0.6 is 23.2 Å². The smallest absolute Gasteiger partial charge is 0.265 e. The zero-order chi connectivity index (χ0) is 23.9. The number of hydrogen-bond acceptors (Lipinski definition) is 4. The molecule has 0 fully saturated rings. The van der Waals surface area contributed by atoms with Gasteiger partial charge in [-0.25, -0.2) is 0 Å². The number of rotatable bonds is 8. The number of imide groups is 1. The van der Waals surface area contributed by atoms with Crippen LogP contribution in [-0.2, 0) is 14.4 Å². The Kier molecular flexibility index (Phi) is 9.57. The van der Waals surface area contributed by atoms with E-state index in [-0.39, 0.29) is 27.4 Å². The highest BCUT2D eigenvalue weighted by molar-refractivity contribution is 6.39. The number of allylic oxidation sites excluding steroid dienone is 1. The molecule has 0 saturated heterocycles. The van der Waals surface area contributed by atoms with Crippen LogP contribution in [0, 0.1) is 18.3 Å². The first-order valence-corrected chi connectivity index (χ1v) is 10.1. The number of nitrogens with one attached hydrogen (secondary N) is 3. The van der Waals surface area contributed by atoms with E-state index in [1.165, 1.54) is 0 Å². The van der Waals surface area contributed by atoms with Gasteiger partial charge < -0.3 is 10.6 Å². The van der Waals surface area contributed by atoms with Crippen molar-refractivity contribution >= 4 is 46.6 Å². The Morgan fingerprint density at radius 2 is 1.65 bits per heavy atom. The van der Waals surface area contributed by atoms with E-state index in [4.69, 9.17) is 29.6 Å². The molecular formula is C23H25Cl2N3O3. The number of anilines is 1. The van der Waals surface area contributed by atoms with Gasteiger partial charge in [0.25, 0.3) is 5.91 Å². The molecule has 164 valence electrons. The van der Waals surface area contributed by atoms with Crippen molar-refractivity contribution in [1.82, 2.24) is 10.6 Å². The van der Waals surface area contributed by atoms with E-state index in [1.54, 1.807) is 32.2 Å². The van der Waals surface area contributed by atoms with Gasteiger partial charge in [-0.05, 0) is 36.6 Å². The predicted octanol–water partition coefficient (Wildman–Crippen LogP) is 4.18. The van der Waals surface area contributed by atoms with E-state index >= 15 is 0 Å². The fraction of sp³-hybridized carbons (Fsp3) is 0.261. The summed E-state index contributed by atoms with van der Waals surface area (Å²) < 4.78 is 0. The van der Waals surface area contributed by atoms with Crippen LogP contribution in [0.1, 0.15) is 32.3 Å². The molecule has 0 aliphatic heterocycles. The van der Waals surface area contributed by atoms with Gasteiger partial charge in [0.2, 0.25) is 11.8 Å². The molecule has 1 aromatic rings. The van der Waals surface area contributed by atoms with Crippen LogP contribution in [0.25, 0.3) is 0 Å². The maximum atomic E-state index is 12.3. The first kappa shape index (κ1) is 26.0. The van der Waals surface area contributed by atoms with Gasteiger partial charge >= 0.3 is 0 Å². The lowest BCUT2D eigenvalue weighted by atomic mass is 9.99. The molecule has 0 aliphatic rings. The Morgan fingerprint density at radius 1 is 1.10 bits per heavy atom. The Hall–Kier alpha value is -3.01. The molecule has 0 saturated carbocycles. The van der Waals surface area contributed by atoms with Gasteiger partial charge in [-0.2, -0.15) is 0 Å². The summed E-state index contributed by atoms with van der Waals surface area (Å²) in [7, 11) is 1.55. The molecule has 8 heteroatoms. The van der Waals surface area contributed by atoms with E-state index in [0.29, 0.717) is 22.5 Å². The lowest BCUT2D eigenvalue weighted by Crippen LogP contribution is -2.34. The maximum absolute atomic E-state index is 12.3. The van der Waals surface area contributed by atoms with Crippen molar-refractivity contribution in [1.29, 1.82) is 0 Å². The second kappa shape index (κ2) is 11.4. The second-order valence-corrected chi connectivity index (χ2v) is 7.82. The van der Waals surface area contributed by atoms with Crippen LogP contribution in [0.3, 0.4) is 0 Å². The summed E-state index contributed by atoms with van der Waals surface area (Å²) in [6.45, 7) is 12.7. The standard InChI is InChI=1S/C23H25Cl2N3O3/c1-8-13(4)21(29)28-22(30)15(6)16-10-18(24)20(19(25)11-16)27-14(5)9-17(12(2)3)23(31)26-7/h1,9-12,15,27H,4-5H2,2-3,6-7H3,(H,26,31)(H,28,29,30)/b17-9-.